The average molecular weight is 460 g/mol. The molecule has 4 heterocycles. The van der Waals surface area contributed by atoms with Gasteiger partial charge in [0.15, 0.2) is 0 Å². The minimum Gasteiger partial charge on any atom is -0.374 e. The van der Waals surface area contributed by atoms with Crippen LogP contribution in [0.3, 0.4) is 0 Å². The van der Waals surface area contributed by atoms with Crippen molar-refractivity contribution in [2.45, 2.75) is 50.3 Å². The highest BCUT2D eigenvalue weighted by atomic mass is 35.5. The molecule has 2 unspecified atom stereocenters. The molecular weight excluding hydrogens is 426 g/mol. The largest absolute Gasteiger partial charge is 0.374 e. The quantitative estimate of drug-likeness (QED) is 0.685. The van der Waals surface area contributed by atoms with Gasteiger partial charge in [0, 0.05) is 43.3 Å². The minimum atomic E-state index is 0.293. The number of piperidine rings is 1. The summed E-state index contributed by atoms with van der Waals surface area (Å²) in [5, 5.41) is 8.87. The van der Waals surface area contributed by atoms with Gasteiger partial charge in [0.05, 0.1) is 12.7 Å². The first-order valence-electron chi connectivity index (χ1n) is 11.9. The molecule has 5 rings (SSSR count). The molecule has 3 fully saturated rings. The minimum absolute atomic E-state index is 0.293. The monoisotopic (exact) mass is 459 g/mol. The molecule has 1 aromatic carbocycles. The second kappa shape index (κ2) is 9.95. The highest BCUT2D eigenvalue weighted by Gasteiger charge is 2.36. The van der Waals surface area contributed by atoms with Crippen molar-refractivity contribution in [2.24, 2.45) is 0 Å². The Morgan fingerprint density at radius 2 is 1.81 bits per heavy atom. The SMILES string of the molecule is Nc1nnc(N2CCC(N3CC(CN4CCCC4)OCC3Cc3ccc(Cl)cc3)CC2)[nH]1. The molecule has 32 heavy (non-hydrogen) atoms. The number of H-pyrrole nitrogens is 1. The summed E-state index contributed by atoms with van der Waals surface area (Å²) in [7, 11) is 0. The van der Waals surface area contributed by atoms with Gasteiger partial charge in [-0.15, -0.1) is 10.2 Å². The maximum atomic E-state index is 6.41. The van der Waals surface area contributed by atoms with Crippen molar-refractivity contribution in [2.75, 3.05) is 56.5 Å². The van der Waals surface area contributed by atoms with Gasteiger partial charge in [-0.1, -0.05) is 23.7 Å². The van der Waals surface area contributed by atoms with E-state index in [9.17, 15) is 0 Å². The lowest BCUT2D eigenvalue weighted by molar-refractivity contribution is -0.0896. The first-order valence-corrected chi connectivity index (χ1v) is 12.3. The summed E-state index contributed by atoms with van der Waals surface area (Å²) in [6.07, 6.45) is 6.14. The van der Waals surface area contributed by atoms with Gasteiger partial charge in [0.25, 0.3) is 0 Å². The number of nitrogen functional groups attached to an aromatic ring is 1. The van der Waals surface area contributed by atoms with E-state index in [4.69, 9.17) is 22.1 Å². The van der Waals surface area contributed by atoms with Crippen LogP contribution in [-0.4, -0.2) is 89.0 Å². The van der Waals surface area contributed by atoms with Gasteiger partial charge in [0.1, 0.15) is 0 Å². The van der Waals surface area contributed by atoms with E-state index in [1.54, 1.807) is 0 Å². The number of ether oxygens (including phenoxy) is 1. The van der Waals surface area contributed by atoms with Crippen LogP contribution in [0.4, 0.5) is 11.9 Å². The maximum absolute atomic E-state index is 6.41. The molecule has 2 aromatic rings. The number of aromatic nitrogens is 3. The summed E-state index contributed by atoms with van der Waals surface area (Å²) >= 11 is 6.11. The number of anilines is 2. The summed E-state index contributed by atoms with van der Waals surface area (Å²) in [4.78, 5) is 10.6. The number of aromatic amines is 1. The zero-order chi connectivity index (χ0) is 21.9. The van der Waals surface area contributed by atoms with Crippen LogP contribution >= 0.6 is 11.6 Å². The Morgan fingerprint density at radius 1 is 1.06 bits per heavy atom. The number of rotatable bonds is 6. The van der Waals surface area contributed by atoms with E-state index < -0.39 is 0 Å². The van der Waals surface area contributed by atoms with Gasteiger partial charge in [-0.05, 0) is 62.9 Å². The Labute approximate surface area is 195 Å². The van der Waals surface area contributed by atoms with Crippen LogP contribution in [0.25, 0.3) is 0 Å². The first kappa shape index (κ1) is 21.9. The number of hydrogen-bond donors (Lipinski definition) is 2. The Balaban J connectivity index is 1.25. The molecule has 0 bridgehead atoms. The standard InChI is InChI=1S/C23H34ClN7O/c24-18-5-3-17(4-6-18)13-20-16-32-21(14-29-9-1-2-10-29)15-31(20)19-7-11-30(12-8-19)23-26-22(25)27-28-23/h3-6,19-21H,1-2,7-16H2,(H3,25,26,27,28). The first-order chi connectivity index (χ1) is 15.6. The van der Waals surface area contributed by atoms with Gasteiger partial charge >= 0.3 is 0 Å². The number of likely N-dealkylation sites (tertiary alicyclic amines) is 1. The molecule has 0 spiro atoms. The van der Waals surface area contributed by atoms with E-state index in [1.165, 1.54) is 31.5 Å². The predicted octanol–water partition coefficient (Wildman–Crippen LogP) is 2.42. The molecule has 0 saturated carbocycles. The summed E-state index contributed by atoms with van der Waals surface area (Å²) in [6.45, 7) is 7.21. The Bertz CT molecular complexity index is 861. The van der Waals surface area contributed by atoms with Gasteiger partial charge in [-0.2, -0.15) is 0 Å². The van der Waals surface area contributed by atoms with Crippen molar-refractivity contribution in [1.82, 2.24) is 25.0 Å². The van der Waals surface area contributed by atoms with Crippen molar-refractivity contribution in [3.8, 4) is 0 Å². The lowest BCUT2D eigenvalue weighted by Gasteiger charge is -2.47. The Kier molecular flexibility index (Phi) is 6.83. The fourth-order valence-corrected chi connectivity index (χ4v) is 5.60. The molecule has 174 valence electrons. The molecule has 3 aliphatic rings. The normalized spacial score (nSPS) is 26.1. The van der Waals surface area contributed by atoms with Gasteiger partial charge in [0.2, 0.25) is 11.9 Å². The van der Waals surface area contributed by atoms with Crippen LogP contribution in [0.5, 0.6) is 0 Å². The van der Waals surface area contributed by atoms with Crippen LogP contribution in [0.15, 0.2) is 24.3 Å². The van der Waals surface area contributed by atoms with Gasteiger partial charge < -0.3 is 20.3 Å². The van der Waals surface area contributed by atoms with Crippen LogP contribution in [0, 0.1) is 0 Å². The molecule has 3 aliphatic heterocycles. The third-order valence-electron chi connectivity index (χ3n) is 7.18. The van der Waals surface area contributed by atoms with E-state index >= 15 is 0 Å². The summed E-state index contributed by atoms with van der Waals surface area (Å²) in [5.41, 5.74) is 7.04. The molecule has 2 atom stereocenters. The molecular formula is C23H34ClN7O. The lowest BCUT2D eigenvalue weighted by Crippen LogP contribution is -2.58. The zero-order valence-corrected chi connectivity index (χ0v) is 19.4. The van der Waals surface area contributed by atoms with Crippen LogP contribution in [-0.2, 0) is 11.2 Å². The molecule has 0 aliphatic carbocycles. The van der Waals surface area contributed by atoms with Crippen molar-refractivity contribution in [3.63, 3.8) is 0 Å². The highest BCUT2D eigenvalue weighted by Crippen LogP contribution is 2.27. The van der Waals surface area contributed by atoms with Crippen molar-refractivity contribution in [1.29, 1.82) is 0 Å². The Morgan fingerprint density at radius 3 is 2.50 bits per heavy atom. The van der Waals surface area contributed by atoms with Crippen LogP contribution < -0.4 is 10.6 Å². The van der Waals surface area contributed by atoms with E-state index in [0.717, 1.165) is 63.0 Å². The van der Waals surface area contributed by atoms with Crippen molar-refractivity contribution >= 4 is 23.5 Å². The summed E-state index contributed by atoms with van der Waals surface area (Å²) in [5.74, 6) is 1.16. The predicted molar refractivity (Wildman–Crippen MR) is 127 cm³/mol. The number of nitrogens with zero attached hydrogens (tertiary/aromatic N) is 5. The van der Waals surface area contributed by atoms with Gasteiger partial charge in [-0.3, -0.25) is 9.88 Å². The zero-order valence-electron chi connectivity index (χ0n) is 18.6. The topological polar surface area (TPSA) is 86.5 Å². The van der Waals surface area contributed by atoms with E-state index in [1.807, 2.05) is 12.1 Å². The highest BCUT2D eigenvalue weighted by molar-refractivity contribution is 6.30. The van der Waals surface area contributed by atoms with Gasteiger partial charge in [-0.25, -0.2) is 0 Å². The molecule has 0 radical (unpaired) electrons. The van der Waals surface area contributed by atoms with E-state index in [-0.39, 0.29) is 0 Å². The second-order valence-corrected chi connectivity index (χ2v) is 9.83. The number of morpholine rings is 1. The van der Waals surface area contributed by atoms with Crippen molar-refractivity contribution < 1.29 is 4.74 Å². The van der Waals surface area contributed by atoms with Crippen molar-refractivity contribution in [3.05, 3.63) is 34.9 Å². The number of benzene rings is 1. The molecule has 9 heteroatoms. The smallest absolute Gasteiger partial charge is 0.226 e. The summed E-state index contributed by atoms with van der Waals surface area (Å²) < 4.78 is 6.41. The number of halogens is 1. The maximum Gasteiger partial charge on any atom is 0.226 e. The molecule has 0 amide bonds. The number of hydrogen-bond acceptors (Lipinski definition) is 7. The fraction of sp³-hybridized carbons (Fsp3) is 0.652. The third-order valence-corrected chi connectivity index (χ3v) is 7.43. The lowest BCUT2D eigenvalue weighted by atomic mass is 9.96. The fourth-order valence-electron chi connectivity index (χ4n) is 5.48. The second-order valence-electron chi connectivity index (χ2n) is 9.40. The molecule has 3 saturated heterocycles. The molecule has 3 N–H and O–H groups in total. The average Bonchev–Trinajstić information content (AvgIpc) is 3.48. The molecule has 8 nitrogen and oxygen atoms in total. The number of nitrogens with two attached hydrogens (primary N) is 1. The third kappa shape index (κ3) is 5.20. The Hall–Kier alpha value is -1.87. The van der Waals surface area contributed by atoms with E-state index in [2.05, 4.69) is 42.0 Å². The van der Waals surface area contributed by atoms with Crippen LogP contribution in [0.2, 0.25) is 5.02 Å². The van der Waals surface area contributed by atoms with Crippen LogP contribution in [0.1, 0.15) is 31.2 Å². The van der Waals surface area contributed by atoms with E-state index in [0.29, 0.717) is 24.1 Å². The molecule has 1 aromatic heterocycles. The number of nitrogens with one attached hydrogen (secondary N) is 1. The summed E-state index contributed by atoms with van der Waals surface area (Å²) in [6, 6.07) is 9.21.